The fourth-order valence-corrected chi connectivity index (χ4v) is 2.64. The lowest BCUT2D eigenvalue weighted by atomic mass is 10.1. The third kappa shape index (κ3) is 7.86. The minimum Gasteiger partial charge on any atom is -0.409 e. The van der Waals surface area contributed by atoms with Crippen molar-refractivity contribution in [3.63, 3.8) is 0 Å². The van der Waals surface area contributed by atoms with E-state index in [1.54, 1.807) is 0 Å². The van der Waals surface area contributed by atoms with Gasteiger partial charge in [-0.25, -0.2) is 0 Å². The normalized spacial score (nSPS) is 14.7. The molecule has 1 aromatic carbocycles. The van der Waals surface area contributed by atoms with E-state index in [0.717, 1.165) is 31.9 Å². The van der Waals surface area contributed by atoms with E-state index in [1.165, 1.54) is 0 Å². The van der Waals surface area contributed by atoms with Gasteiger partial charge in [-0.05, 0) is 38.1 Å². The van der Waals surface area contributed by atoms with Crippen LogP contribution < -0.4 is 16.0 Å². The van der Waals surface area contributed by atoms with Crippen molar-refractivity contribution in [1.82, 2.24) is 10.2 Å². The van der Waals surface area contributed by atoms with Crippen LogP contribution in [-0.4, -0.2) is 60.6 Å². The molecule has 1 aliphatic rings. The van der Waals surface area contributed by atoms with Crippen LogP contribution in [0.3, 0.4) is 0 Å². The third-order valence-corrected chi connectivity index (χ3v) is 3.83. The second-order valence-electron chi connectivity index (χ2n) is 6.02. The van der Waals surface area contributed by atoms with Gasteiger partial charge in [-0.1, -0.05) is 5.16 Å². The summed E-state index contributed by atoms with van der Waals surface area (Å²) < 4.78 is 0. The summed E-state index contributed by atoms with van der Waals surface area (Å²) in [4.78, 5) is 16.2. The number of piperazine rings is 1. The molecule has 26 heavy (non-hydrogen) atoms. The van der Waals surface area contributed by atoms with Crippen molar-refractivity contribution in [2.24, 2.45) is 10.9 Å². The number of amides is 1. The predicted octanol–water partition coefficient (Wildman–Crippen LogP) is 1.69. The summed E-state index contributed by atoms with van der Waals surface area (Å²) in [5.74, 6) is 0.189. The number of benzene rings is 1. The highest BCUT2D eigenvalue weighted by Gasteiger charge is 2.19. The first-order valence-electron chi connectivity index (χ1n) is 7.84. The summed E-state index contributed by atoms with van der Waals surface area (Å²) in [5.41, 5.74) is 7.36. The molecule has 1 saturated heterocycles. The molecule has 7 nitrogen and oxygen atoms in total. The Balaban J connectivity index is 0. The third-order valence-electron chi connectivity index (χ3n) is 3.83. The molecule has 0 radical (unpaired) electrons. The highest BCUT2D eigenvalue weighted by atomic mass is 35.5. The van der Waals surface area contributed by atoms with Gasteiger partial charge < -0.3 is 21.2 Å². The van der Waals surface area contributed by atoms with Gasteiger partial charge in [0, 0.05) is 43.5 Å². The van der Waals surface area contributed by atoms with Gasteiger partial charge in [0.15, 0.2) is 5.84 Å². The Kier molecular flexibility index (Phi) is 13.3. The van der Waals surface area contributed by atoms with E-state index in [9.17, 15) is 4.79 Å². The monoisotopic (exact) mass is 427 g/mol. The van der Waals surface area contributed by atoms with Crippen LogP contribution >= 0.6 is 37.2 Å². The number of carbonyl (C=O) groups is 1. The van der Waals surface area contributed by atoms with Crippen molar-refractivity contribution < 1.29 is 10.0 Å². The first-order chi connectivity index (χ1) is 11.0. The molecule has 0 atom stereocenters. The van der Waals surface area contributed by atoms with Crippen molar-refractivity contribution in [3.8, 4) is 0 Å². The summed E-state index contributed by atoms with van der Waals surface area (Å²) in [6.45, 7) is 7.84. The molecule has 0 aliphatic carbocycles. The summed E-state index contributed by atoms with van der Waals surface area (Å²) in [5, 5.41) is 14.6. The Bertz CT molecular complexity index is 562. The van der Waals surface area contributed by atoms with Crippen LogP contribution in [0.25, 0.3) is 0 Å². The van der Waals surface area contributed by atoms with Crippen LogP contribution in [-0.2, 0) is 4.79 Å². The average molecular weight is 429 g/mol. The van der Waals surface area contributed by atoms with Crippen LogP contribution in [0.15, 0.2) is 29.4 Å². The zero-order chi connectivity index (χ0) is 16.8. The second-order valence-corrected chi connectivity index (χ2v) is 6.02. The van der Waals surface area contributed by atoms with E-state index < -0.39 is 0 Å². The quantitative estimate of drug-likeness (QED) is 0.287. The standard InChI is InChI=1S/C16H25N5O2.3ClH/c1-12(2)18-15(22)11-20-7-9-21(10-8-20)14-5-3-13(4-6-14)16(17)19-23;;;/h3-6,12,23H,7-11H2,1-2H3,(H2,17,19)(H,18,22);3*1H. The summed E-state index contributed by atoms with van der Waals surface area (Å²) in [6, 6.07) is 7.79. The molecular formula is C16H28Cl3N5O2. The molecule has 1 amide bonds. The van der Waals surface area contributed by atoms with Gasteiger partial charge in [-0.2, -0.15) is 0 Å². The summed E-state index contributed by atoms with van der Waals surface area (Å²) in [7, 11) is 0. The Labute approximate surface area is 173 Å². The average Bonchev–Trinajstić information content (AvgIpc) is 2.54. The maximum Gasteiger partial charge on any atom is 0.234 e. The molecule has 0 unspecified atom stereocenters. The van der Waals surface area contributed by atoms with E-state index >= 15 is 0 Å². The molecule has 0 aromatic heterocycles. The van der Waals surface area contributed by atoms with E-state index in [-0.39, 0.29) is 55.0 Å². The Hall–Kier alpha value is -1.41. The van der Waals surface area contributed by atoms with Crippen LogP contribution in [0.4, 0.5) is 5.69 Å². The fraction of sp³-hybridized carbons (Fsp3) is 0.500. The fourth-order valence-electron chi connectivity index (χ4n) is 2.64. The number of rotatable bonds is 5. The zero-order valence-corrected chi connectivity index (χ0v) is 17.4. The van der Waals surface area contributed by atoms with Gasteiger partial charge in [0.05, 0.1) is 6.54 Å². The van der Waals surface area contributed by atoms with E-state index in [4.69, 9.17) is 10.9 Å². The van der Waals surface area contributed by atoms with Crippen LogP contribution in [0.1, 0.15) is 19.4 Å². The maximum atomic E-state index is 11.8. The maximum absolute atomic E-state index is 11.8. The van der Waals surface area contributed by atoms with Crippen molar-refractivity contribution in [2.75, 3.05) is 37.6 Å². The van der Waals surface area contributed by atoms with Gasteiger partial charge >= 0.3 is 0 Å². The lowest BCUT2D eigenvalue weighted by Gasteiger charge is -2.35. The largest absolute Gasteiger partial charge is 0.409 e. The number of oxime groups is 1. The Morgan fingerprint density at radius 3 is 2.15 bits per heavy atom. The van der Waals surface area contributed by atoms with E-state index in [2.05, 4.69) is 20.3 Å². The molecule has 1 heterocycles. The van der Waals surface area contributed by atoms with Gasteiger partial charge in [-0.15, -0.1) is 37.2 Å². The minimum atomic E-state index is 0. The molecule has 150 valence electrons. The zero-order valence-electron chi connectivity index (χ0n) is 14.9. The second kappa shape index (κ2) is 12.9. The molecule has 1 fully saturated rings. The first-order valence-corrected chi connectivity index (χ1v) is 7.84. The molecule has 1 aromatic rings. The number of hydrogen-bond donors (Lipinski definition) is 3. The first kappa shape index (κ1) is 26.8. The van der Waals surface area contributed by atoms with Crippen molar-refractivity contribution in [1.29, 1.82) is 0 Å². The number of nitrogens with one attached hydrogen (secondary N) is 1. The van der Waals surface area contributed by atoms with Crippen molar-refractivity contribution in [3.05, 3.63) is 29.8 Å². The van der Waals surface area contributed by atoms with Gasteiger partial charge in [0.2, 0.25) is 5.91 Å². The molecular weight excluding hydrogens is 401 g/mol. The number of hydrogen-bond acceptors (Lipinski definition) is 5. The number of anilines is 1. The summed E-state index contributed by atoms with van der Waals surface area (Å²) in [6.07, 6.45) is 0. The van der Waals surface area contributed by atoms with Gasteiger partial charge in [0.25, 0.3) is 0 Å². The van der Waals surface area contributed by atoms with E-state index in [0.29, 0.717) is 12.1 Å². The molecule has 1 aliphatic heterocycles. The number of carbonyl (C=O) groups excluding carboxylic acids is 1. The van der Waals surface area contributed by atoms with Crippen molar-refractivity contribution >= 4 is 54.7 Å². The van der Waals surface area contributed by atoms with Crippen LogP contribution in [0.5, 0.6) is 0 Å². The van der Waals surface area contributed by atoms with Gasteiger partial charge in [0.1, 0.15) is 0 Å². The van der Waals surface area contributed by atoms with Crippen LogP contribution in [0.2, 0.25) is 0 Å². The van der Waals surface area contributed by atoms with Crippen LogP contribution in [0, 0.1) is 0 Å². The lowest BCUT2D eigenvalue weighted by molar-refractivity contribution is -0.122. The number of amidine groups is 1. The smallest absolute Gasteiger partial charge is 0.234 e. The SMILES string of the molecule is CC(C)NC(=O)CN1CCN(c2ccc(C(N)=NO)cc2)CC1.Cl.Cl.Cl. The van der Waals surface area contributed by atoms with Gasteiger partial charge in [-0.3, -0.25) is 9.69 Å². The number of nitrogens with two attached hydrogens (primary N) is 1. The number of halogens is 3. The highest BCUT2D eigenvalue weighted by molar-refractivity contribution is 5.97. The molecule has 0 spiro atoms. The predicted molar refractivity (Wildman–Crippen MR) is 113 cm³/mol. The highest BCUT2D eigenvalue weighted by Crippen LogP contribution is 2.17. The Morgan fingerprint density at radius 1 is 1.15 bits per heavy atom. The molecule has 0 bridgehead atoms. The van der Waals surface area contributed by atoms with Crippen molar-refractivity contribution in [2.45, 2.75) is 19.9 Å². The molecule has 0 saturated carbocycles. The summed E-state index contributed by atoms with van der Waals surface area (Å²) >= 11 is 0. The Morgan fingerprint density at radius 2 is 1.69 bits per heavy atom. The molecule has 2 rings (SSSR count). The number of nitrogens with zero attached hydrogens (tertiary/aromatic N) is 3. The lowest BCUT2D eigenvalue weighted by Crippen LogP contribution is -2.50. The minimum absolute atomic E-state index is 0. The molecule has 4 N–H and O–H groups in total. The topological polar surface area (TPSA) is 94.2 Å². The van der Waals surface area contributed by atoms with E-state index in [1.807, 2.05) is 38.1 Å². The molecule has 10 heteroatoms.